The SMILES string of the molecule is COc1cc(CO)cc2scc(Br)c12. The molecular formula is C10H9BrO2S. The second-order valence-electron chi connectivity index (χ2n) is 2.91. The first-order valence-electron chi connectivity index (χ1n) is 4.10. The molecule has 0 atom stereocenters. The molecule has 0 aliphatic heterocycles. The fraction of sp³-hybridized carbons (Fsp3) is 0.200. The Morgan fingerprint density at radius 3 is 2.93 bits per heavy atom. The van der Waals surface area contributed by atoms with Crippen molar-refractivity contribution in [2.24, 2.45) is 0 Å². The van der Waals surface area contributed by atoms with Crippen LogP contribution < -0.4 is 4.74 Å². The van der Waals surface area contributed by atoms with Crippen LogP contribution in [0.2, 0.25) is 0 Å². The predicted octanol–water partition coefficient (Wildman–Crippen LogP) is 3.16. The highest BCUT2D eigenvalue weighted by Crippen LogP contribution is 2.37. The van der Waals surface area contributed by atoms with Gasteiger partial charge in [0.25, 0.3) is 0 Å². The first-order valence-corrected chi connectivity index (χ1v) is 5.78. The molecule has 0 saturated carbocycles. The second-order valence-corrected chi connectivity index (χ2v) is 4.68. The number of methoxy groups -OCH3 is 1. The third kappa shape index (κ3) is 1.54. The van der Waals surface area contributed by atoms with Gasteiger partial charge in [0.15, 0.2) is 0 Å². The maximum absolute atomic E-state index is 9.06. The topological polar surface area (TPSA) is 29.5 Å². The van der Waals surface area contributed by atoms with Gasteiger partial charge in [0.05, 0.1) is 13.7 Å². The molecule has 14 heavy (non-hydrogen) atoms. The lowest BCUT2D eigenvalue weighted by molar-refractivity contribution is 0.281. The van der Waals surface area contributed by atoms with Gasteiger partial charge in [-0.3, -0.25) is 0 Å². The highest BCUT2D eigenvalue weighted by atomic mass is 79.9. The Hall–Kier alpha value is -0.580. The molecule has 1 heterocycles. The minimum Gasteiger partial charge on any atom is -0.496 e. The molecule has 2 aromatic rings. The summed E-state index contributed by atoms with van der Waals surface area (Å²) in [7, 11) is 1.64. The summed E-state index contributed by atoms with van der Waals surface area (Å²) >= 11 is 5.11. The molecule has 2 rings (SSSR count). The summed E-state index contributed by atoms with van der Waals surface area (Å²) in [6.07, 6.45) is 0. The highest BCUT2D eigenvalue weighted by molar-refractivity contribution is 9.10. The number of halogens is 1. The highest BCUT2D eigenvalue weighted by Gasteiger charge is 2.09. The van der Waals surface area contributed by atoms with Gasteiger partial charge >= 0.3 is 0 Å². The first kappa shape index (κ1) is 9.96. The number of rotatable bonds is 2. The Kier molecular flexibility index (Phi) is 2.76. The fourth-order valence-corrected chi connectivity index (χ4v) is 3.12. The van der Waals surface area contributed by atoms with Crippen LogP contribution in [-0.2, 0) is 6.61 Å². The Morgan fingerprint density at radius 1 is 1.50 bits per heavy atom. The van der Waals surface area contributed by atoms with Crippen molar-refractivity contribution in [3.63, 3.8) is 0 Å². The molecule has 0 saturated heterocycles. The zero-order valence-electron chi connectivity index (χ0n) is 7.58. The Labute approximate surface area is 94.3 Å². The van der Waals surface area contributed by atoms with Crippen molar-refractivity contribution in [2.75, 3.05) is 7.11 Å². The number of hydrogen-bond acceptors (Lipinski definition) is 3. The second kappa shape index (κ2) is 3.88. The molecule has 0 aliphatic rings. The average molecular weight is 273 g/mol. The van der Waals surface area contributed by atoms with Crippen LogP contribution in [0.1, 0.15) is 5.56 Å². The van der Waals surface area contributed by atoms with Crippen LogP contribution in [0.3, 0.4) is 0 Å². The van der Waals surface area contributed by atoms with Gasteiger partial charge in [-0.15, -0.1) is 11.3 Å². The molecule has 0 fully saturated rings. The standard InChI is InChI=1S/C10H9BrO2S/c1-13-8-2-6(4-12)3-9-10(8)7(11)5-14-9/h2-3,5,12H,4H2,1H3. The van der Waals surface area contributed by atoms with Crippen LogP contribution in [0, 0.1) is 0 Å². The number of fused-ring (bicyclic) bond motifs is 1. The van der Waals surface area contributed by atoms with Crippen LogP contribution in [0.15, 0.2) is 22.0 Å². The third-order valence-electron chi connectivity index (χ3n) is 2.06. The number of hydrogen-bond donors (Lipinski definition) is 1. The van der Waals surface area contributed by atoms with E-state index in [0.29, 0.717) is 0 Å². The number of thiophene rings is 1. The summed E-state index contributed by atoms with van der Waals surface area (Å²) in [6, 6.07) is 3.84. The Bertz CT molecular complexity index is 464. The van der Waals surface area contributed by atoms with Crippen molar-refractivity contribution in [3.8, 4) is 5.75 Å². The molecule has 1 aromatic heterocycles. The van der Waals surface area contributed by atoms with Crippen molar-refractivity contribution in [2.45, 2.75) is 6.61 Å². The number of ether oxygens (including phenoxy) is 1. The molecular weight excluding hydrogens is 264 g/mol. The molecule has 1 aromatic carbocycles. The van der Waals surface area contributed by atoms with E-state index in [2.05, 4.69) is 15.9 Å². The van der Waals surface area contributed by atoms with Crippen LogP contribution in [0.4, 0.5) is 0 Å². The van der Waals surface area contributed by atoms with Gasteiger partial charge in [-0.1, -0.05) is 0 Å². The molecule has 1 N–H and O–H groups in total. The number of benzene rings is 1. The van der Waals surface area contributed by atoms with E-state index in [9.17, 15) is 0 Å². The third-order valence-corrected chi connectivity index (χ3v) is 3.91. The van der Waals surface area contributed by atoms with Gasteiger partial charge < -0.3 is 9.84 Å². The molecule has 0 unspecified atom stereocenters. The van der Waals surface area contributed by atoms with Gasteiger partial charge in [0.2, 0.25) is 0 Å². The average Bonchev–Trinajstić information content (AvgIpc) is 2.59. The monoisotopic (exact) mass is 272 g/mol. The van der Waals surface area contributed by atoms with E-state index in [1.165, 1.54) is 0 Å². The molecule has 2 nitrogen and oxygen atoms in total. The summed E-state index contributed by atoms with van der Waals surface area (Å²) in [6.45, 7) is 0.0435. The number of aliphatic hydroxyl groups excluding tert-OH is 1. The molecule has 0 spiro atoms. The number of aliphatic hydroxyl groups is 1. The van der Waals surface area contributed by atoms with Crippen molar-refractivity contribution in [3.05, 3.63) is 27.5 Å². The molecule has 0 bridgehead atoms. The van der Waals surface area contributed by atoms with Gasteiger partial charge in [-0.05, 0) is 33.6 Å². The molecule has 0 aliphatic carbocycles. The van der Waals surface area contributed by atoms with Crippen molar-refractivity contribution in [1.29, 1.82) is 0 Å². The summed E-state index contributed by atoms with van der Waals surface area (Å²) in [5.41, 5.74) is 0.878. The van der Waals surface area contributed by atoms with E-state index in [1.807, 2.05) is 17.5 Å². The lowest BCUT2D eigenvalue weighted by Crippen LogP contribution is -1.88. The Morgan fingerprint density at radius 2 is 2.29 bits per heavy atom. The van der Waals surface area contributed by atoms with E-state index in [-0.39, 0.29) is 6.61 Å². The van der Waals surface area contributed by atoms with Gasteiger partial charge in [-0.25, -0.2) is 0 Å². The summed E-state index contributed by atoms with van der Waals surface area (Å²) in [5, 5.41) is 12.2. The van der Waals surface area contributed by atoms with E-state index in [0.717, 1.165) is 25.9 Å². The molecule has 0 amide bonds. The quantitative estimate of drug-likeness (QED) is 0.910. The van der Waals surface area contributed by atoms with Crippen LogP contribution >= 0.6 is 27.3 Å². The largest absolute Gasteiger partial charge is 0.496 e. The predicted molar refractivity (Wildman–Crippen MR) is 62.0 cm³/mol. The summed E-state index contributed by atoms with van der Waals surface area (Å²) in [5.74, 6) is 0.805. The lowest BCUT2D eigenvalue weighted by atomic mass is 10.1. The van der Waals surface area contributed by atoms with Crippen LogP contribution in [0.25, 0.3) is 10.1 Å². The minimum atomic E-state index is 0.0435. The molecule has 4 heteroatoms. The molecule has 74 valence electrons. The maximum Gasteiger partial charge on any atom is 0.129 e. The minimum absolute atomic E-state index is 0.0435. The zero-order chi connectivity index (χ0) is 10.1. The van der Waals surface area contributed by atoms with Gasteiger partial charge in [0, 0.05) is 19.9 Å². The normalized spacial score (nSPS) is 10.8. The summed E-state index contributed by atoms with van der Waals surface area (Å²) in [4.78, 5) is 0. The Balaban J connectivity index is 2.76. The van der Waals surface area contributed by atoms with E-state index >= 15 is 0 Å². The van der Waals surface area contributed by atoms with Gasteiger partial charge in [0.1, 0.15) is 5.75 Å². The first-order chi connectivity index (χ1) is 6.76. The van der Waals surface area contributed by atoms with Crippen molar-refractivity contribution >= 4 is 37.4 Å². The lowest BCUT2D eigenvalue weighted by Gasteiger charge is -2.04. The van der Waals surface area contributed by atoms with Crippen LogP contribution in [0.5, 0.6) is 5.75 Å². The van der Waals surface area contributed by atoms with Crippen LogP contribution in [-0.4, -0.2) is 12.2 Å². The van der Waals surface area contributed by atoms with Crippen molar-refractivity contribution in [1.82, 2.24) is 0 Å². The fourth-order valence-electron chi connectivity index (χ4n) is 1.40. The van der Waals surface area contributed by atoms with Gasteiger partial charge in [-0.2, -0.15) is 0 Å². The van der Waals surface area contributed by atoms with E-state index < -0.39 is 0 Å². The maximum atomic E-state index is 9.06. The van der Waals surface area contributed by atoms with Crippen molar-refractivity contribution < 1.29 is 9.84 Å². The van der Waals surface area contributed by atoms with E-state index in [4.69, 9.17) is 9.84 Å². The molecule has 0 radical (unpaired) electrons. The zero-order valence-corrected chi connectivity index (χ0v) is 9.98. The van der Waals surface area contributed by atoms with E-state index in [1.54, 1.807) is 18.4 Å². The smallest absolute Gasteiger partial charge is 0.129 e. The summed E-state index contributed by atoms with van der Waals surface area (Å²) < 4.78 is 7.44.